The number of hydrogen-bond donors (Lipinski definition) is 0. The predicted molar refractivity (Wildman–Crippen MR) is 60.3 cm³/mol. The summed E-state index contributed by atoms with van der Waals surface area (Å²) in [6.45, 7) is 5.06. The van der Waals surface area contributed by atoms with Gasteiger partial charge in [-0.05, 0) is 0 Å². The maximum absolute atomic E-state index is 11.5. The van der Waals surface area contributed by atoms with Gasteiger partial charge in [0.2, 0.25) is 0 Å². The Labute approximate surface area is 101 Å². The third-order valence-electron chi connectivity index (χ3n) is 2.96. The summed E-state index contributed by atoms with van der Waals surface area (Å²) >= 11 is 0. The van der Waals surface area contributed by atoms with Crippen LogP contribution >= 0.6 is 0 Å². The molecule has 2 fully saturated rings. The van der Waals surface area contributed by atoms with Crippen LogP contribution in [0.25, 0.3) is 0 Å². The number of hydrogen-bond acceptors (Lipinski definition) is 5. The van der Waals surface area contributed by atoms with E-state index >= 15 is 0 Å². The molecule has 1 aliphatic heterocycles. The average molecular weight is 244 g/mol. The Morgan fingerprint density at radius 3 is 2.47 bits per heavy atom. The summed E-state index contributed by atoms with van der Waals surface area (Å²) in [4.78, 5) is 22.9. The van der Waals surface area contributed by atoms with E-state index in [1.807, 2.05) is 13.8 Å². The van der Waals surface area contributed by atoms with Crippen LogP contribution in [0.2, 0.25) is 0 Å². The third-order valence-corrected chi connectivity index (χ3v) is 2.96. The van der Waals surface area contributed by atoms with Gasteiger partial charge in [0.25, 0.3) is 0 Å². The van der Waals surface area contributed by atoms with Gasteiger partial charge >= 0.3 is 5.97 Å². The van der Waals surface area contributed by atoms with Crippen LogP contribution in [-0.2, 0) is 23.8 Å². The van der Waals surface area contributed by atoms with Crippen LogP contribution in [0.1, 0.15) is 33.1 Å². The number of esters is 1. The number of ether oxygens (including phenoxy) is 3. The van der Waals surface area contributed by atoms with Gasteiger partial charge in [0, 0.05) is 19.3 Å². The van der Waals surface area contributed by atoms with E-state index < -0.39 is 17.7 Å². The third kappa shape index (κ3) is 3.04. The van der Waals surface area contributed by atoms with Crippen molar-refractivity contribution in [2.45, 2.75) is 38.9 Å². The Morgan fingerprint density at radius 1 is 1.35 bits per heavy atom. The van der Waals surface area contributed by atoms with Gasteiger partial charge in [-0.1, -0.05) is 13.8 Å². The number of Topliss-reactive ketones (excluding diaryl/α,β-unsaturated/α-hetero) is 1. The first-order chi connectivity index (χ1) is 8.17. The molecule has 1 unspecified atom stereocenters. The SMILES string of the molecule is CC.COC(=O)C1CC2(CCC1=O)OCCO2. The molecule has 1 heterocycles. The monoisotopic (exact) mass is 244 g/mol. The van der Waals surface area contributed by atoms with Crippen molar-refractivity contribution in [2.24, 2.45) is 5.92 Å². The first kappa shape index (κ1) is 14.1. The van der Waals surface area contributed by atoms with Gasteiger partial charge in [0.05, 0.1) is 20.3 Å². The highest BCUT2D eigenvalue weighted by molar-refractivity contribution is 5.99. The molecule has 1 aliphatic carbocycles. The van der Waals surface area contributed by atoms with Gasteiger partial charge in [-0.2, -0.15) is 0 Å². The first-order valence-electron chi connectivity index (χ1n) is 6.05. The molecule has 1 spiro atoms. The van der Waals surface area contributed by atoms with E-state index in [4.69, 9.17) is 9.47 Å². The molecule has 98 valence electrons. The van der Waals surface area contributed by atoms with Crippen molar-refractivity contribution in [1.82, 2.24) is 0 Å². The van der Waals surface area contributed by atoms with Crippen LogP contribution in [0, 0.1) is 5.92 Å². The summed E-state index contributed by atoms with van der Waals surface area (Å²) in [5.41, 5.74) is 0. The molecular weight excluding hydrogens is 224 g/mol. The smallest absolute Gasteiger partial charge is 0.316 e. The first-order valence-corrected chi connectivity index (χ1v) is 6.05. The van der Waals surface area contributed by atoms with Crippen molar-refractivity contribution in [3.05, 3.63) is 0 Å². The zero-order valence-corrected chi connectivity index (χ0v) is 10.7. The van der Waals surface area contributed by atoms with E-state index in [0.29, 0.717) is 32.5 Å². The quantitative estimate of drug-likeness (QED) is 0.514. The molecule has 17 heavy (non-hydrogen) atoms. The van der Waals surface area contributed by atoms with Crippen molar-refractivity contribution in [3.63, 3.8) is 0 Å². The maximum Gasteiger partial charge on any atom is 0.316 e. The summed E-state index contributed by atoms with van der Waals surface area (Å²) in [6.07, 6.45) is 1.15. The summed E-state index contributed by atoms with van der Waals surface area (Å²) < 4.78 is 15.5. The van der Waals surface area contributed by atoms with Crippen molar-refractivity contribution in [1.29, 1.82) is 0 Å². The molecule has 0 aromatic carbocycles. The predicted octanol–water partition coefficient (Wildman–Crippen LogP) is 1.30. The topological polar surface area (TPSA) is 61.8 Å². The van der Waals surface area contributed by atoms with Gasteiger partial charge in [-0.3, -0.25) is 9.59 Å². The normalized spacial score (nSPS) is 26.3. The standard InChI is InChI=1S/C10H14O5.C2H6/c1-13-9(12)7-6-10(3-2-8(7)11)14-4-5-15-10;1-2/h7H,2-6H2,1H3;1-2H3. The Kier molecular flexibility index (Phi) is 5.08. The van der Waals surface area contributed by atoms with E-state index in [1.54, 1.807) is 0 Å². The lowest BCUT2D eigenvalue weighted by Gasteiger charge is -2.33. The van der Waals surface area contributed by atoms with Gasteiger partial charge in [0.1, 0.15) is 11.7 Å². The van der Waals surface area contributed by atoms with Crippen LogP contribution in [0.3, 0.4) is 0 Å². The molecule has 5 heteroatoms. The van der Waals surface area contributed by atoms with E-state index in [0.717, 1.165) is 0 Å². The van der Waals surface area contributed by atoms with Gasteiger partial charge in [-0.15, -0.1) is 0 Å². The van der Waals surface area contributed by atoms with Crippen LogP contribution in [0.5, 0.6) is 0 Å². The van der Waals surface area contributed by atoms with Gasteiger partial charge in [0.15, 0.2) is 5.79 Å². The van der Waals surface area contributed by atoms with Crippen molar-refractivity contribution in [3.8, 4) is 0 Å². The molecule has 1 saturated carbocycles. The highest BCUT2D eigenvalue weighted by Gasteiger charge is 2.47. The molecule has 2 aliphatic rings. The fourth-order valence-electron chi connectivity index (χ4n) is 2.13. The molecule has 0 aromatic heterocycles. The molecule has 0 bridgehead atoms. The molecule has 0 radical (unpaired) electrons. The molecule has 1 saturated heterocycles. The Morgan fingerprint density at radius 2 is 1.94 bits per heavy atom. The van der Waals surface area contributed by atoms with Crippen LogP contribution in [0.15, 0.2) is 0 Å². The minimum atomic E-state index is -0.721. The maximum atomic E-state index is 11.5. The summed E-state index contributed by atoms with van der Waals surface area (Å²) in [7, 11) is 1.28. The Bertz CT molecular complexity index is 273. The van der Waals surface area contributed by atoms with Gasteiger partial charge in [-0.25, -0.2) is 0 Å². The molecule has 1 atom stereocenters. The van der Waals surface area contributed by atoms with Crippen LogP contribution in [0.4, 0.5) is 0 Å². The molecule has 0 aromatic rings. The second-order valence-corrected chi connectivity index (χ2v) is 3.85. The minimum absolute atomic E-state index is 0.0772. The lowest BCUT2D eigenvalue weighted by Crippen LogP contribution is -2.43. The molecule has 2 rings (SSSR count). The fourth-order valence-corrected chi connectivity index (χ4v) is 2.13. The number of carbonyl (C=O) groups is 2. The van der Waals surface area contributed by atoms with E-state index in [9.17, 15) is 9.59 Å². The Balaban J connectivity index is 0.000000686. The Hall–Kier alpha value is -0.940. The summed E-state index contributed by atoms with van der Waals surface area (Å²) in [5, 5.41) is 0. The molecule has 0 N–H and O–H groups in total. The zero-order chi connectivity index (χ0) is 12.9. The molecule has 0 amide bonds. The van der Waals surface area contributed by atoms with E-state index in [-0.39, 0.29) is 5.78 Å². The average Bonchev–Trinajstić information content (AvgIpc) is 2.83. The number of ketones is 1. The summed E-state index contributed by atoms with van der Waals surface area (Å²) in [6, 6.07) is 0. The second kappa shape index (κ2) is 6.12. The lowest BCUT2D eigenvalue weighted by atomic mass is 9.83. The van der Waals surface area contributed by atoms with E-state index in [2.05, 4.69) is 4.74 Å². The lowest BCUT2D eigenvalue weighted by molar-refractivity contribution is -0.195. The van der Waals surface area contributed by atoms with E-state index in [1.165, 1.54) is 7.11 Å². The van der Waals surface area contributed by atoms with Crippen LogP contribution in [-0.4, -0.2) is 37.9 Å². The number of rotatable bonds is 1. The minimum Gasteiger partial charge on any atom is -0.468 e. The fraction of sp³-hybridized carbons (Fsp3) is 0.833. The largest absolute Gasteiger partial charge is 0.468 e. The number of carbonyl (C=O) groups excluding carboxylic acids is 2. The zero-order valence-electron chi connectivity index (χ0n) is 10.7. The highest BCUT2D eigenvalue weighted by atomic mass is 16.7. The number of methoxy groups -OCH3 is 1. The van der Waals surface area contributed by atoms with Gasteiger partial charge < -0.3 is 14.2 Å². The molecule has 5 nitrogen and oxygen atoms in total. The second-order valence-electron chi connectivity index (χ2n) is 3.85. The highest BCUT2D eigenvalue weighted by Crippen LogP contribution is 2.37. The summed E-state index contributed by atoms with van der Waals surface area (Å²) in [5.74, 6) is -2.00. The van der Waals surface area contributed by atoms with Crippen molar-refractivity contribution < 1.29 is 23.8 Å². The van der Waals surface area contributed by atoms with Crippen LogP contribution < -0.4 is 0 Å². The van der Waals surface area contributed by atoms with Crippen molar-refractivity contribution >= 4 is 11.8 Å². The molecular formula is C12H20O5. The van der Waals surface area contributed by atoms with Crippen molar-refractivity contribution in [2.75, 3.05) is 20.3 Å².